The van der Waals surface area contributed by atoms with Crippen molar-refractivity contribution in [2.24, 2.45) is 0 Å². The van der Waals surface area contributed by atoms with Gasteiger partial charge in [-0.2, -0.15) is 0 Å². The Balaban J connectivity index is 2.52. The van der Waals surface area contributed by atoms with Crippen molar-refractivity contribution in [3.8, 4) is 0 Å². The Bertz CT molecular complexity index is 220. The van der Waals surface area contributed by atoms with Crippen LogP contribution in [0.3, 0.4) is 0 Å². The van der Waals surface area contributed by atoms with Gasteiger partial charge in [0.05, 0.1) is 0 Å². The Labute approximate surface area is 92.8 Å². The predicted octanol–water partition coefficient (Wildman–Crippen LogP) is 2.43. The first kappa shape index (κ1) is 12.3. The number of nitrogens with one attached hydrogen (secondary N) is 1. The monoisotopic (exact) mass is 210 g/mol. The van der Waals surface area contributed by atoms with E-state index in [1.807, 2.05) is 18.1 Å². The van der Waals surface area contributed by atoms with E-state index in [-0.39, 0.29) is 6.23 Å². The maximum absolute atomic E-state index is 5.70. The number of ether oxygens (including phenoxy) is 1. The van der Waals surface area contributed by atoms with Gasteiger partial charge in [0.1, 0.15) is 6.23 Å². The van der Waals surface area contributed by atoms with Gasteiger partial charge in [0.15, 0.2) is 0 Å². The van der Waals surface area contributed by atoms with Crippen molar-refractivity contribution in [2.45, 2.75) is 38.8 Å². The number of hydrazine groups is 1. The lowest BCUT2D eigenvalue weighted by Crippen LogP contribution is -2.45. The molecule has 1 atom stereocenters. The molecule has 1 saturated heterocycles. The number of rotatable bonds is 5. The van der Waals surface area contributed by atoms with Crippen LogP contribution in [0.25, 0.3) is 0 Å². The largest absolute Gasteiger partial charge is 0.357 e. The minimum absolute atomic E-state index is 0.137. The number of hydrogen-bond donors (Lipinski definition) is 1. The molecule has 0 amide bonds. The van der Waals surface area contributed by atoms with Gasteiger partial charge in [0.25, 0.3) is 0 Å². The Morgan fingerprint density at radius 3 is 2.93 bits per heavy atom. The van der Waals surface area contributed by atoms with Crippen LogP contribution in [0.2, 0.25) is 0 Å². The molecule has 3 heteroatoms. The van der Waals surface area contributed by atoms with Crippen molar-refractivity contribution < 1.29 is 4.74 Å². The fourth-order valence-corrected chi connectivity index (χ4v) is 1.73. The van der Waals surface area contributed by atoms with Gasteiger partial charge in [-0.3, -0.25) is 5.01 Å². The van der Waals surface area contributed by atoms with Gasteiger partial charge >= 0.3 is 0 Å². The quantitative estimate of drug-likeness (QED) is 0.557. The van der Waals surface area contributed by atoms with Gasteiger partial charge in [-0.15, -0.1) is 0 Å². The van der Waals surface area contributed by atoms with E-state index >= 15 is 0 Å². The molecule has 3 nitrogen and oxygen atoms in total. The van der Waals surface area contributed by atoms with Crippen LogP contribution in [0.1, 0.15) is 32.6 Å². The number of hydrogen-bond acceptors (Lipinski definition) is 3. The fourth-order valence-electron chi connectivity index (χ4n) is 1.73. The number of nitrogens with zero attached hydrogens (tertiary/aromatic N) is 1. The zero-order valence-electron chi connectivity index (χ0n) is 9.83. The summed E-state index contributed by atoms with van der Waals surface area (Å²) in [5, 5.41) is 2.01. The normalized spacial score (nSPS) is 21.9. The molecule has 0 bridgehead atoms. The average Bonchev–Trinajstić information content (AvgIpc) is 2.29. The maximum atomic E-state index is 5.70. The van der Waals surface area contributed by atoms with E-state index in [1.54, 1.807) is 0 Å². The van der Waals surface area contributed by atoms with Crippen LogP contribution in [0.15, 0.2) is 24.4 Å². The molecule has 0 aromatic rings. The Hall–Kier alpha value is -0.800. The average molecular weight is 210 g/mol. The van der Waals surface area contributed by atoms with Crippen molar-refractivity contribution in [1.82, 2.24) is 10.4 Å². The van der Waals surface area contributed by atoms with Gasteiger partial charge in [0, 0.05) is 19.4 Å². The minimum atomic E-state index is 0.137. The van der Waals surface area contributed by atoms with Crippen LogP contribution in [-0.2, 0) is 4.74 Å². The molecule has 86 valence electrons. The SMILES string of the molecule is C=C(/C=C\CC)N(NC)C1CCCCO1. The van der Waals surface area contributed by atoms with Crippen LogP contribution >= 0.6 is 0 Å². The van der Waals surface area contributed by atoms with Crippen LogP contribution in [-0.4, -0.2) is 24.9 Å². The summed E-state index contributed by atoms with van der Waals surface area (Å²) in [5.74, 6) is 0. The van der Waals surface area contributed by atoms with Crippen molar-refractivity contribution >= 4 is 0 Å². The van der Waals surface area contributed by atoms with Crippen molar-refractivity contribution in [1.29, 1.82) is 0 Å². The summed E-state index contributed by atoms with van der Waals surface area (Å²) < 4.78 is 5.70. The molecule has 0 spiro atoms. The first-order chi connectivity index (χ1) is 7.29. The third-order valence-corrected chi connectivity index (χ3v) is 2.54. The Kier molecular flexibility index (Phi) is 5.43. The molecular weight excluding hydrogens is 188 g/mol. The predicted molar refractivity (Wildman–Crippen MR) is 63.1 cm³/mol. The minimum Gasteiger partial charge on any atom is -0.357 e. The summed E-state index contributed by atoms with van der Waals surface area (Å²) in [6, 6.07) is 0. The molecule has 1 aliphatic heterocycles. The van der Waals surface area contributed by atoms with Gasteiger partial charge in [-0.05, 0) is 31.8 Å². The van der Waals surface area contributed by atoms with Crippen molar-refractivity contribution in [3.63, 3.8) is 0 Å². The molecule has 1 N–H and O–H groups in total. The molecule has 0 aromatic heterocycles. The first-order valence-electron chi connectivity index (χ1n) is 5.73. The lowest BCUT2D eigenvalue weighted by Gasteiger charge is -2.35. The smallest absolute Gasteiger partial charge is 0.144 e. The topological polar surface area (TPSA) is 24.5 Å². The second kappa shape index (κ2) is 6.64. The molecule has 0 radical (unpaired) electrons. The highest BCUT2D eigenvalue weighted by atomic mass is 16.5. The third-order valence-electron chi connectivity index (χ3n) is 2.54. The lowest BCUT2D eigenvalue weighted by atomic mass is 10.2. The Morgan fingerprint density at radius 2 is 2.40 bits per heavy atom. The zero-order valence-corrected chi connectivity index (χ0v) is 9.83. The van der Waals surface area contributed by atoms with Crippen LogP contribution in [0, 0.1) is 0 Å². The van der Waals surface area contributed by atoms with Crippen LogP contribution in [0.4, 0.5) is 0 Å². The van der Waals surface area contributed by atoms with Crippen molar-refractivity contribution in [3.05, 3.63) is 24.4 Å². The van der Waals surface area contributed by atoms with E-state index in [1.165, 1.54) is 12.8 Å². The first-order valence-corrected chi connectivity index (χ1v) is 5.73. The lowest BCUT2D eigenvalue weighted by molar-refractivity contribution is -0.0858. The van der Waals surface area contributed by atoms with E-state index < -0.39 is 0 Å². The summed E-state index contributed by atoms with van der Waals surface area (Å²) in [5.41, 5.74) is 4.10. The van der Waals surface area contributed by atoms with Crippen molar-refractivity contribution in [2.75, 3.05) is 13.7 Å². The summed E-state index contributed by atoms with van der Waals surface area (Å²) in [4.78, 5) is 0. The molecule has 15 heavy (non-hydrogen) atoms. The molecule has 0 aromatic carbocycles. The molecule has 0 saturated carbocycles. The Morgan fingerprint density at radius 1 is 1.60 bits per heavy atom. The summed E-state index contributed by atoms with van der Waals surface area (Å²) in [7, 11) is 1.91. The highest BCUT2D eigenvalue weighted by Gasteiger charge is 2.20. The molecule has 1 fully saturated rings. The molecule has 1 unspecified atom stereocenters. The second-order valence-corrected chi connectivity index (χ2v) is 3.72. The molecule has 1 rings (SSSR count). The van der Waals surface area contributed by atoms with E-state index in [9.17, 15) is 0 Å². The van der Waals surface area contributed by atoms with Gasteiger partial charge < -0.3 is 4.74 Å². The van der Waals surface area contributed by atoms with Crippen LogP contribution in [0.5, 0.6) is 0 Å². The van der Waals surface area contributed by atoms with Gasteiger partial charge in [0.2, 0.25) is 0 Å². The van der Waals surface area contributed by atoms with E-state index in [0.717, 1.165) is 25.1 Å². The second-order valence-electron chi connectivity index (χ2n) is 3.72. The van der Waals surface area contributed by atoms with Gasteiger partial charge in [-0.1, -0.05) is 19.6 Å². The summed E-state index contributed by atoms with van der Waals surface area (Å²) >= 11 is 0. The standard InChI is InChI=1S/C12H22N2O/c1-4-5-8-11(2)14(13-3)12-9-6-7-10-15-12/h5,8,12-13H,2,4,6-7,9-10H2,1,3H3/b8-5-. The summed E-state index contributed by atoms with van der Waals surface area (Å²) in [6.45, 7) is 7.01. The highest BCUT2D eigenvalue weighted by molar-refractivity contribution is 5.12. The van der Waals surface area contributed by atoms with Gasteiger partial charge in [-0.25, -0.2) is 5.43 Å². The molecule has 0 aliphatic carbocycles. The van der Waals surface area contributed by atoms with E-state index in [4.69, 9.17) is 4.74 Å². The zero-order chi connectivity index (χ0) is 11.1. The number of allylic oxidation sites excluding steroid dienone is 2. The van der Waals surface area contributed by atoms with E-state index in [0.29, 0.717) is 0 Å². The maximum Gasteiger partial charge on any atom is 0.144 e. The van der Waals surface area contributed by atoms with Crippen LogP contribution < -0.4 is 5.43 Å². The third kappa shape index (κ3) is 3.68. The van der Waals surface area contributed by atoms with E-state index in [2.05, 4.69) is 25.0 Å². The highest BCUT2D eigenvalue weighted by Crippen LogP contribution is 2.18. The molecule has 1 aliphatic rings. The fraction of sp³-hybridized carbons (Fsp3) is 0.667. The molecular formula is C12H22N2O. The molecule has 1 heterocycles. The summed E-state index contributed by atoms with van der Waals surface area (Å²) in [6.07, 6.45) is 8.78.